The first-order chi connectivity index (χ1) is 19.6. The third kappa shape index (κ3) is 3.94. The summed E-state index contributed by atoms with van der Waals surface area (Å²) in [7, 11) is 4.34. The summed E-state index contributed by atoms with van der Waals surface area (Å²) in [5.41, 5.74) is 13.0. The van der Waals surface area contributed by atoms with E-state index in [1.165, 1.54) is 39.3 Å². The summed E-state index contributed by atoms with van der Waals surface area (Å²) < 4.78 is 0. The summed E-state index contributed by atoms with van der Waals surface area (Å²) in [6.45, 7) is 17.6. The Morgan fingerprint density at radius 3 is 1.61 bits per heavy atom. The summed E-state index contributed by atoms with van der Waals surface area (Å²) in [6.07, 6.45) is 3.95. The number of anilines is 6. The van der Waals surface area contributed by atoms with E-state index in [-0.39, 0.29) is 10.8 Å². The molecule has 0 aromatic heterocycles. The van der Waals surface area contributed by atoms with Crippen molar-refractivity contribution in [2.24, 2.45) is 0 Å². The van der Waals surface area contributed by atoms with Gasteiger partial charge in [0.2, 0.25) is 0 Å². The fraction of sp³-hybridized carbons (Fsp3) is 0.211. The summed E-state index contributed by atoms with van der Waals surface area (Å²) in [5.74, 6) is 0. The highest BCUT2D eigenvalue weighted by atomic mass is 15.2. The molecule has 0 aliphatic carbocycles. The lowest BCUT2D eigenvalue weighted by molar-refractivity contribution is 0.606. The SMILES string of the molecule is C=CC1=C(C=C)C(C)(C)c2cc3c(cc2N1C)C(C)(C)c1cc(N(c2ccccc2)c2ccccc2)ccc1N3C. The molecule has 6 rings (SSSR count). The van der Waals surface area contributed by atoms with Gasteiger partial charge in [0.15, 0.2) is 0 Å². The molecular formula is C38H39N3. The average Bonchev–Trinajstić information content (AvgIpc) is 2.98. The van der Waals surface area contributed by atoms with Crippen LogP contribution in [0.1, 0.15) is 44.4 Å². The van der Waals surface area contributed by atoms with Crippen molar-refractivity contribution in [3.8, 4) is 0 Å². The minimum absolute atomic E-state index is 0.191. The lowest BCUT2D eigenvalue weighted by Crippen LogP contribution is -2.36. The molecule has 3 nitrogen and oxygen atoms in total. The van der Waals surface area contributed by atoms with Crippen LogP contribution in [0, 0.1) is 0 Å². The van der Waals surface area contributed by atoms with Gasteiger partial charge in [-0.1, -0.05) is 83.3 Å². The first-order valence-electron chi connectivity index (χ1n) is 14.3. The number of hydrogen-bond donors (Lipinski definition) is 0. The third-order valence-electron chi connectivity index (χ3n) is 9.19. The number of likely N-dealkylation sites (N-methyl/N-ethyl adjacent to an activating group) is 1. The Labute approximate surface area is 245 Å². The molecular weight excluding hydrogens is 498 g/mol. The molecule has 2 aliphatic rings. The third-order valence-corrected chi connectivity index (χ3v) is 9.19. The molecule has 0 N–H and O–H groups in total. The second-order valence-electron chi connectivity index (χ2n) is 12.2. The molecule has 4 aromatic rings. The molecule has 41 heavy (non-hydrogen) atoms. The van der Waals surface area contributed by atoms with Crippen molar-refractivity contribution < 1.29 is 0 Å². The zero-order valence-electron chi connectivity index (χ0n) is 25.1. The first kappa shape index (κ1) is 26.7. The van der Waals surface area contributed by atoms with E-state index in [2.05, 4.69) is 161 Å². The maximum atomic E-state index is 4.16. The van der Waals surface area contributed by atoms with Crippen molar-refractivity contribution in [2.45, 2.75) is 38.5 Å². The van der Waals surface area contributed by atoms with Crippen LogP contribution in [0.3, 0.4) is 0 Å². The van der Waals surface area contributed by atoms with E-state index in [9.17, 15) is 0 Å². The normalized spacial score (nSPS) is 16.4. The Balaban J connectivity index is 1.54. The van der Waals surface area contributed by atoms with Gasteiger partial charge in [-0.25, -0.2) is 0 Å². The van der Waals surface area contributed by atoms with Crippen LogP contribution < -0.4 is 14.7 Å². The highest BCUT2D eigenvalue weighted by Crippen LogP contribution is 2.55. The number of nitrogens with zero attached hydrogens (tertiary/aromatic N) is 3. The lowest BCUT2D eigenvalue weighted by atomic mass is 9.69. The summed E-state index contributed by atoms with van der Waals surface area (Å²) in [5, 5.41) is 0. The molecule has 4 aromatic carbocycles. The molecule has 0 unspecified atom stereocenters. The zero-order valence-corrected chi connectivity index (χ0v) is 25.1. The molecule has 0 atom stereocenters. The molecule has 2 heterocycles. The van der Waals surface area contributed by atoms with Crippen LogP contribution >= 0.6 is 0 Å². The van der Waals surface area contributed by atoms with Crippen LogP contribution in [-0.4, -0.2) is 14.1 Å². The standard InChI is InChI=1S/C38H39N3/c1-9-29-33(10-2)39(7)35-25-32-36(24-31(35)37(29,3)4)40(8)34-22-21-28(23-30(34)38(32,5)6)41(26-17-13-11-14-18-26)27-19-15-12-16-20-27/h9-25H,1-2H2,3-8H3. The van der Waals surface area contributed by atoms with Gasteiger partial charge in [0.05, 0.1) is 0 Å². The Bertz CT molecular complexity index is 1650. The number of fused-ring (bicyclic) bond motifs is 3. The summed E-state index contributed by atoms with van der Waals surface area (Å²) >= 11 is 0. The number of para-hydroxylation sites is 2. The quantitative estimate of drug-likeness (QED) is 0.251. The Kier molecular flexibility index (Phi) is 6.22. The van der Waals surface area contributed by atoms with Gasteiger partial charge >= 0.3 is 0 Å². The van der Waals surface area contributed by atoms with Crippen LogP contribution in [0.4, 0.5) is 34.1 Å². The second kappa shape index (κ2) is 9.55. The van der Waals surface area contributed by atoms with Gasteiger partial charge in [-0.05, 0) is 82.9 Å². The summed E-state index contributed by atoms with van der Waals surface area (Å²) in [4.78, 5) is 6.98. The molecule has 206 valence electrons. The van der Waals surface area contributed by atoms with Crippen molar-refractivity contribution in [2.75, 3.05) is 28.8 Å². The van der Waals surface area contributed by atoms with Crippen LogP contribution in [-0.2, 0) is 10.8 Å². The summed E-state index contributed by atoms with van der Waals surface area (Å²) in [6, 6.07) is 33.0. The number of benzene rings is 4. The molecule has 0 fully saturated rings. The van der Waals surface area contributed by atoms with Crippen LogP contribution in [0.25, 0.3) is 0 Å². The van der Waals surface area contributed by atoms with Gasteiger partial charge in [0, 0.05) is 64.7 Å². The minimum atomic E-state index is -0.219. The highest BCUT2D eigenvalue weighted by Gasteiger charge is 2.41. The topological polar surface area (TPSA) is 9.72 Å². The van der Waals surface area contributed by atoms with Crippen molar-refractivity contribution in [3.63, 3.8) is 0 Å². The first-order valence-corrected chi connectivity index (χ1v) is 14.3. The van der Waals surface area contributed by atoms with Gasteiger partial charge in [-0.3, -0.25) is 0 Å². The number of rotatable bonds is 5. The Morgan fingerprint density at radius 2 is 1.07 bits per heavy atom. The van der Waals surface area contributed by atoms with E-state index in [0.717, 1.165) is 22.8 Å². The van der Waals surface area contributed by atoms with Gasteiger partial charge in [-0.2, -0.15) is 0 Å². The van der Waals surface area contributed by atoms with E-state index in [0.29, 0.717) is 0 Å². The van der Waals surface area contributed by atoms with E-state index in [1.807, 2.05) is 12.2 Å². The van der Waals surface area contributed by atoms with Crippen molar-refractivity contribution >= 4 is 34.1 Å². The van der Waals surface area contributed by atoms with Gasteiger partial charge < -0.3 is 14.7 Å². The minimum Gasteiger partial charge on any atom is -0.344 e. The average molecular weight is 538 g/mol. The molecule has 0 spiro atoms. The van der Waals surface area contributed by atoms with Crippen molar-refractivity contribution in [3.05, 3.63) is 144 Å². The molecule has 0 bridgehead atoms. The van der Waals surface area contributed by atoms with Crippen LogP contribution in [0.2, 0.25) is 0 Å². The van der Waals surface area contributed by atoms with E-state index < -0.39 is 0 Å². The van der Waals surface area contributed by atoms with Gasteiger partial charge in [0.25, 0.3) is 0 Å². The fourth-order valence-corrected chi connectivity index (χ4v) is 6.85. The number of hydrogen-bond acceptors (Lipinski definition) is 3. The predicted molar refractivity (Wildman–Crippen MR) is 177 cm³/mol. The monoisotopic (exact) mass is 537 g/mol. The van der Waals surface area contributed by atoms with Crippen LogP contribution in [0.15, 0.2) is 128 Å². The maximum Gasteiger partial charge on any atom is 0.0466 e. The van der Waals surface area contributed by atoms with E-state index in [1.54, 1.807) is 0 Å². The van der Waals surface area contributed by atoms with Crippen LogP contribution in [0.5, 0.6) is 0 Å². The molecule has 0 radical (unpaired) electrons. The van der Waals surface area contributed by atoms with Gasteiger partial charge in [0.1, 0.15) is 0 Å². The highest BCUT2D eigenvalue weighted by molar-refractivity contribution is 5.86. The molecule has 2 aliphatic heterocycles. The molecule has 3 heteroatoms. The van der Waals surface area contributed by atoms with Crippen molar-refractivity contribution in [1.82, 2.24) is 0 Å². The Hall–Kier alpha value is -4.50. The number of allylic oxidation sites excluding steroid dienone is 3. The molecule has 0 saturated heterocycles. The predicted octanol–water partition coefficient (Wildman–Crippen LogP) is 9.92. The van der Waals surface area contributed by atoms with Gasteiger partial charge in [-0.15, -0.1) is 0 Å². The Morgan fingerprint density at radius 1 is 0.561 bits per heavy atom. The largest absolute Gasteiger partial charge is 0.344 e. The second-order valence-corrected chi connectivity index (χ2v) is 12.2. The zero-order chi connectivity index (χ0) is 29.1. The molecule has 0 amide bonds. The molecule has 0 saturated carbocycles. The smallest absolute Gasteiger partial charge is 0.0466 e. The maximum absolute atomic E-state index is 4.16. The van der Waals surface area contributed by atoms with Crippen molar-refractivity contribution in [1.29, 1.82) is 0 Å². The van der Waals surface area contributed by atoms with E-state index in [4.69, 9.17) is 0 Å². The lowest BCUT2D eigenvalue weighted by Gasteiger charge is -2.46. The van der Waals surface area contributed by atoms with E-state index >= 15 is 0 Å². The fourth-order valence-electron chi connectivity index (χ4n) is 6.85.